The Morgan fingerprint density at radius 2 is 1.34 bits per heavy atom. The Kier molecular flexibility index (Phi) is 8.02. The van der Waals surface area contributed by atoms with Crippen molar-refractivity contribution in [2.24, 2.45) is 0 Å². The number of benzene rings is 4. The highest BCUT2D eigenvalue weighted by Crippen LogP contribution is 2.35. The zero-order valence-electron chi connectivity index (χ0n) is 23.0. The Bertz CT molecular complexity index is 1570. The highest BCUT2D eigenvalue weighted by molar-refractivity contribution is 6.30. The van der Waals surface area contributed by atoms with Gasteiger partial charge in [-0.15, -0.1) is 0 Å². The van der Waals surface area contributed by atoms with Gasteiger partial charge in [0.2, 0.25) is 0 Å². The number of halogens is 3. The lowest BCUT2D eigenvalue weighted by molar-refractivity contribution is 0.105. The third-order valence-corrected chi connectivity index (χ3v) is 8.18. The van der Waals surface area contributed by atoms with Gasteiger partial charge < -0.3 is 4.57 Å². The topological polar surface area (TPSA) is 11.4 Å². The minimum absolute atomic E-state index is 0.191. The predicted octanol–water partition coefficient (Wildman–Crippen LogP) is 8.29. The summed E-state index contributed by atoms with van der Waals surface area (Å²) in [6, 6.07) is 35.0. The van der Waals surface area contributed by atoms with E-state index in [1.165, 1.54) is 23.3 Å². The average Bonchev–Trinajstić information content (AvgIpc) is 3.30. The molecule has 0 saturated carbocycles. The van der Waals surface area contributed by atoms with Crippen molar-refractivity contribution in [2.75, 3.05) is 26.2 Å². The maximum atomic E-state index is 15.2. The Morgan fingerprint density at radius 3 is 1.93 bits per heavy atom. The Balaban J connectivity index is 1.29. The van der Waals surface area contributed by atoms with Gasteiger partial charge >= 0.3 is 0 Å². The molecule has 0 spiro atoms. The van der Waals surface area contributed by atoms with Crippen LogP contribution in [-0.2, 0) is 6.54 Å². The predicted molar refractivity (Wildman–Crippen MR) is 162 cm³/mol. The second-order valence-corrected chi connectivity index (χ2v) is 11.1. The van der Waals surface area contributed by atoms with E-state index in [0.29, 0.717) is 17.1 Å². The first kappa shape index (κ1) is 27.4. The quantitative estimate of drug-likeness (QED) is 0.196. The maximum Gasteiger partial charge on any atom is 0.135 e. The fourth-order valence-electron chi connectivity index (χ4n) is 6.03. The highest BCUT2D eigenvalue weighted by atomic mass is 35.5. The third-order valence-electron chi connectivity index (χ3n) is 7.93. The summed E-state index contributed by atoms with van der Waals surface area (Å²) in [5, 5.41) is 0.635. The largest absolute Gasteiger partial charge is 0.313 e. The number of nitrogens with zero attached hydrogens (tertiary/aromatic N) is 3. The van der Waals surface area contributed by atoms with Crippen LogP contribution in [0.15, 0.2) is 109 Å². The zero-order chi connectivity index (χ0) is 28.3. The van der Waals surface area contributed by atoms with Crippen molar-refractivity contribution < 1.29 is 8.78 Å². The van der Waals surface area contributed by atoms with Gasteiger partial charge in [-0.05, 0) is 66.1 Å². The molecular formula is C35H32ClF2N3. The van der Waals surface area contributed by atoms with E-state index in [2.05, 4.69) is 76.5 Å². The van der Waals surface area contributed by atoms with Crippen LogP contribution in [0.3, 0.4) is 0 Å². The van der Waals surface area contributed by atoms with Gasteiger partial charge in [0.25, 0.3) is 0 Å². The average molecular weight is 568 g/mol. The van der Waals surface area contributed by atoms with Gasteiger partial charge in [0.05, 0.1) is 11.7 Å². The first-order valence-corrected chi connectivity index (χ1v) is 14.3. The van der Waals surface area contributed by atoms with E-state index in [0.717, 1.165) is 54.9 Å². The lowest BCUT2D eigenvalue weighted by Crippen LogP contribution is -2.47. The van der Waals surface area contributed by atoms with Gasteiger partial charge in [-0.3, -0.25) is 9.80 Å². The number of hydrogen-bond donors (Lipinski definition) is 0. The van der Waals surface area contributed by atoms with Crippen LogP contribution in [0.2, 0.25) is 5.02 Å². The van der Waals surface area contributed by atoms with E-state index < -0.39 is 11.6 Å². The zero-order valence-corrected chi connectivity index (χ0v) is 23.7. The van der Waals surface area contributed by atoms with Crippen molar-refractivity contribution in [3.63, 3.8) is 0 Å². The molecule has 0 amide bonds. The molecule has 0 bridgehead atoms. The van der Waals surface area contributed by atoms with Gasteiger partial charge in [-0.2, -0.15) is 0 Å². The highest BCUT2D eigenvalue weighted by Gasteiger charge is 2.28. The van der Waals surface area contributed by atoms with Crippen LogP contribution in [0.5, 0.6) is 0 Å². The molecule has 1 aromatic heterocycles. The fourth-order valence-corrected chi connectivity index (χ4v) is 6.15. The van der Waals surface area contributed by atoms with E-state index in [9.17, 15) is 4.39 Å². The molecule has 1 saturated heterocycles. The molecule has 1 aliphatic heterocycles. The van der Waals surface area contributed by atoms with Gasteiger partial charge in [0.1, 0.15) is 11.6 Å². The van der Waals surface area contributed by atoms with Gasteiger partial charge in [0, 0.05) is 60.8 Å². The van der Waals surface area contributed by atoms with Crippen LogP contribution in [0.25, 0.3) is 16.9 Å². The normalized spacial score (nSPS) is 14.6. The van der Waals surface area contributed by atoms with Crippen molar-refractivity contribution in [1.29, 1.82) is 0 Å². The van der Waals surface area contributed by atoms with Gasteiger partial charge in [-0.25, -0.2) is 8.78 Å². The molecule has 5 aromatic rings. The molecule has 0 radical (unpaired) electrons. The lowest BCUT2D eigenvalue weighted by Gasteiger charge is -2.40. The first-order valence-electron chi connectivity index (χ1n) is 14.0. The molecule has 1 fully saturated rings. The number of piperazine rings is 1. The summed E-state index contributed by atoms with van der Waals surface area (Å²) in [5.74, 6) is -1.16. The third kappa shape index (κ3) is 5.84. The molecule has 41 heavy (non-hydrogen) atoms. The minimum Gasteiger partial charge on any atom is -0.313 e. The van der Waals surface area contributed by atoms with Crippen LogP contribution in [0, 0.1) is 18.6 Å². The summed E-state index contributed by atoms with van der Waals surface area (Å²) < 4.78 is 31.2. The summed E-state index contributed by atoms with van der Waals surface area (Å²) in [6.45, 7) is 6.27. The van der Waals surface area contributed by atoms with Crippen molar-refractivity contribution >= 4 is 11.6 Å². The number of aryl methyl sites for hydroxylation is 1. The molecule has 1 aliphatic rings. The molecule has 0 atom stereocenters. The van der Waals surface area contributed by atoms with E-state index in [1.54, 1.807) is 0 Å². The molecule has 208 valence electrons. The summed E-state index contributed by atoms with van der Waals surface area (Å²) >= 11 is 6.16. The maximum absolute atomic E-state index is 15.2. The summed E-state index contributed by atoms with van der Waals surface area (Å²) in [5.41, 5.74) is 6.59. The Hall–Kier alpha value is -3.77. The molecule has 6 heteroatoms. The molecular weight excluding hydrogens is 536 g/mol. The molecule has 0 unspecified atom stereocenters. The van der Waals surface area contributed by atoms with Crippen LogP contribution in [0.4, 0.5) is 8.78 Å². The van der Waals surface area contributed by atoms with Crippen LogP contribution in [0.1, 0.15) is 28.4 Å². The fraction of sp³-hybridized carbons (Fsp3) is 0.200. The monoisotopic (exact) mass is 567 g/mol. The Morgan fingerprint density at radius 1 is 0.732 bits per heavy atom. The molecule has 6 rings (SSSR count). The SMILES string of the molecule is Cc1cc(CN2CCN(C(c3ccccc3)c3ccccc3)CC2)c(-c2ccc(F)cc2F)n1-c1ccc(Cl)cc1. The van der Waals surface area contributed by atoms with Crippen LogP contribution < -0.4 is 0 Å². The summed E-state index contributed by atoms with van der Waals surface area (Å²) in [6.07, 6.45) is 0. The molecule has 4 aromatic carbocycles. The number of aromatic nitrogens is 1. The summed E-state index contributed by atoms with van der Waals surface area (Å²) in [7, 11) is 0. The standard InChI is InChI=1S/C35H32ClF2N3/c1-25-22-28(35(32-17-14-30(37)23-33(32)38)41(25)31-15-12-29(36)13-16-31)24-39-18-20-40(21-19-39)34(26-8-4-2-5-9-26)27-10-6-3-7-11-27/h2-17,22-23,34H,18-21,24H2,1H3. The van der Waals surface area contributed by atoms with Gasteiger partial charge in [0.15, 0.2) is 0 Å². The smallest absolute Gasteiger partial charge is 0.135 e. The lowest BCUT2D eigenvalue weighted by atomic mass is 9.96. The molecule has 0 aliphatic carbocycles. The van der Waals surface area contributed by atoms with Gasteiger partial charge in [-0.1, -0.05) is 72.3 Å². The van der Waals surface area contributed by atoms with E-state index in [1.807, 2.05) is 35.8 Å². The molecule has 2 heterocycles. The number of rotatable bonds is 7. The van der Waals surface area contributed by atoms with Crippen molar-refractivity contribution in [1.82, 2.24) is 14.4 Å². The second kappa shape index (κ2) is 12.0. The van der Waals surface area contributed by atoms with Crippen LogP contribution in [-0.4, -0.2) is 40.5 Å². The van der Waals surface area contributed by atoms with Crippen molar-refractivity contribution in [2.45, 2.75) is 19.5 Å². The van der Waals surface area contributed by atoms with E-state index >= 15 is 4.39 Å². The van der Waals surface area contributed by atoms with Crippen molar-refractivity contribution in [3.05, 3.63) is 148 Å². The number of hydrogen-bond acceptors (Lipinski definition) is 2. The van der Waals surface area contributed by atoms with E-state index in [-0.39, 0.29) is 6.04 Å². The summed E-state index contributed by atoms with van der Waals surface area (Å²) in [4.78, 5) is 4.97. The molecule has 3 nitrogen and oxygen atoms in total. The van der Waals surface area contributed by atoms with Crippen LogP contribution >= 0.6 is 11.6 Å². The Labute approximate surface area is 245 Å². The van der Waals surface area contributed by atoms with Crippen molar-refractivity contribution in [3.8, 4) is 16.9 Å². The second-order valence-electron chi connectivity index (χ2n) is 10.6. The molecule has 0 N–H and O–H groups in total. The van der Waals surface area contributed by atoms with E-state index in [4.69, 9.17) is 11.6 Å². The first-order chi connectivity index (χ1) is 20.0. The minimum atomic E-state index is -0.586.